The van der Waals surface area contributed by atoms with Crippen LogP contribution in [0.3, 0.4) is 0 Å². The van der Waals surface area contributed by atoms with Crippen LogP contribution in [0, 0.1) is 18.6 Å². The summed E-state index contributed by atoms with van der Waals surface area (Å²) in [5.41, 5.74) is -0.0106. The Morgan fingerprint density at radius 1 is 1.38 bits per heavy atom. The molecule has 1 aromatic carbocycles. The Kier molecular flexibility index (Phi) is 3.14. The van der Waals surface area contributed by atoms with Crippen molar-refractivity contribution in [3.05, 3.63) is 34.9 Å². The summed E-state index contributed by atoms with van der Waals surface area (Å²) in [5.74, 6) is -2.20. The van der Waals surface area contributed by atoms with Crippen LogP contribution in [0.25, 0.3) is 0 Å². The maximum absolute atomic E-state index is 13.1. The van der Waals surface area contributed by atoms with Crippen molar-refractivity contribution >= 4 is 21.7 Å². The fourth-order valence-electron chi connectivity index (χ4n) is 1.03. The molecule has 0 aromatic heterocycles. The molecule has 0 bridgehead atoms. The molecule has 0 aliphatic rings. The van der Waals surface area contributed by atoms with Gasteiger partial charge in [-0.25, -0.2) is 8.78 Å². The molecular formula is C9H7BrF2O. The molecule has 0 unspecified atom stereocenters. The average Bonchev–Trinajstić information content (AvgIpc) is 2.02. The molecular weight excluding hydrogens is 242 g/mol. The van der Waals surface area contributed by atoms with Gasteiger partial charge in [-0.15, -0.1) is 0 Å². The lowest BCUT2D eigenvalue weighted by Crippen LogP contribution is -2.07. The first-order chi connectivity index (χ1) is 6.06. The lowest BCUT2D eigenvalue weighted by Gasteiger charge is -2.02. The lowest BCUT2D eigenvalue weighted by atomic mass is 10.1. The number of alkyl halides is 1. The third kappa shape index (κ3) is 2.12. The van der Waals surface area contributed by atoms with E-state index < -0.39 is 23.0 Å². The zero-order chi connectivity index (χ0) is 10.0. The predicted molar refractivity (Wildman–Crippen MR) is 49.2 cm³/mol. The van der Waals surface area contributed by atoms with Crippen molar-refractivity contribution < 1.29 is 13.6 Å². The van der Waals surface area contributed by atoms with Gasteiger partial charge in [0.25, 0.3) is 0 Å². The number of hydrogen-bond acceptors (Lipinski definition) is 1. The number of carbonyl (C=O) groups is 1. The Morgan fingerprint density at radius 3 is 2.23 bits per heavy atom. The molecule has 4 heteroatoms. The van der Waals surface area contributed by atoms with Crippen molar-refractivity contribution in [1.29, 1.82) is 0 Å². The lowest BCUT2D eigenvalue weighted by molar-refractivity contribution is 0.101. The van der Waals surface area contributed by atoms with Crippen molar-refractivity contribution in [2.24, 2.45) is 0 Å². The molecule has 1 rings (SSSR count). The smallest absolute Gasteiger partial charge is 0.179 e. The van der Waals surface area contributed by atoms with Crippen molar-refractivity contribution in [3.63, 3.8) is 0 Å². The molecule has 0 atom stereocenters. The maximum Gasteiger partial charge on any atom is 0.179 e. The third-order valence-corrected chi connectivity index (χ3v) is 2.10. The summed E-state index contributed by atoms with van der Waals surface area (Å²) in [7, 11) is 0. The van der Waals surface area contributed by atoms with Crippen LogP contribution in [0.5, 0.6) is 0 Å². The van der Waals surface area contributed by atoms with E-state index in [0.29, 0.717) is 5.56 Å². The highest BCUT2D eigenvalue weighted by atomic mass is 79.9. The number of aryl methyl sites for hydroxylation is 1. The van der Waals surface area contributed by atoms with Crippen LogP contribution in [-0.2, 0) is 0 Å². The SMILES string of the molecule is Cc1cc(F)c(C(=O)CBr)c(F)c1. The van der Waals surface area contributed by atoms with E-state index in [1.807, 2.05) is 0 Å². The van der Waals surface area contributed by atoms with Crippen LogP contribution >= 0.6 is 15.9 Å². The molecule has 0 aliphatic heterocycles. The van der Waals surface area contributed by atoms with Crippen LogP contribution in [0.1, 0.15) is 15.9 Å². The highest BCUT2D eigenvalue weighted by Gasteiger charge is 2.16. The molecule has 0 radical (unpaired) electrons. The van der Waals surface area contributed by atoms with Crippen molar-refractivity contribution in [2.45, 2.75) is 6.92 Å². The summed E-state index contributed by atoms with van der Waals surface area (Å²) < 4.78 is 26.1. The number of ketones is 1. The second kappa shape index (κ2) is 3.96. The van der Waals surface area contributed by atoms with E-state index in [1.54, 1.807) is 6.92 Å². The minimum absolute atomic E-state index is 0.0795. The Hall–Kier alpha value is -0.770. The van der Waals surface area contributed by atoms with Crippen molar-refractivity contribution in [1.82, 2.24) is 0 Å². The molecule has 0 fully saturated rings. The van der Waals surface area contributed by atoms with Gasteiger partial charge in [0.2, 0.25) is 0 Å². The van der Waals surface area contributed by atoms with Crippen molar-refractivity contribution in [2.75, 3.05) is 5.33 Å². The fourth-order valence-corrected chi connectivity index (χ4v) is 1.31. The van der Waals surface area contributed by atoms with Gasteiger partial charge in [0, 0.05) is 0 Å². The van der Waals surface area contributed by atoms with E-state index in [2.05, 4.69) is 15.9 Å². The topological polar surface area (TPSA) is 17.1 Å². The van der Waals surface area contributed by atoms with Crippen LogP contribution in [0.4, 0.5) is 8.78 Å². The van der Waals surface area contributed by atoms with Gasteiger partial charge in [-0.3, -0.25) is 4.79 Å². The second-order valence-electron chi connectivity index (χ2n) is 2.66. The minimum atomic E-state index is -0.804. The Labute approximate surface area is 82.9 Å². The van der Waals surface area contributed by atoms with E-state index >= 15 is 0 Å². The van der Waals surface area contributed by atoms with E-state index in [0.717, 1.165) is 12.1 Å². The van der Waals surface area contributed by atoms with E-state index in [-0.39, 0.29) is 5.33 Å². The van der Waals surface area contributed by atoms with E-state index in [1.165, 1.54) is 0 Å². The molecule has 0 aliphatic carbocycles. The van der Waals surface area contributed by atoms with Gasteiger partial charge in [-0.1, -0.05) is 15.9 Å². The summed E-state index contributed by atoms with van der Waals surface area (Å²) in [6.07, 6.45) is 0. The van der Waals surface area contributed by atoms with Crippen LogP contribution in [0.2, 0.25) is 0 Å². The fraction of sp³-hybridized carbons (Fsp3) is 0.222. The molecule has 1 nitrogen and oxygen atoms in total. The molecule has 0 saturated carbocycles. The third-order valence-electron chi connectivity index (χ3n) is 1.59. The molecule has 0 spiro atoms. The second-order valence-corrected chi connectivity index (χ2v) is 3.22. The quantitative estimate of drug-likeness (QED) is 0.581. The van der Waals surface area contributed by atoms with Gasteiger partial charge in [-0.05, 0) is 24.6 Å². The summed E-state index contributed by atoms with van der Waals surface area (Å²) in [4.78, 5) is 11.0. The maximum atomic E-state index is 13.1. The Balaban J connectivity index is 3.28. The predicted octanol–water partition coefficient (Wildman–Crippen LogP) is 2.85. The van der Waals surface area contributed by atoms with Crippen LogP contribution in [0.15, 0.2) is 12.1 Å². The molecule has 0 amide bonds. The highest BCUT2D eigenvalue weighted by Crippen LogP contribution is 2.16. The minimum Gasteiger partial charge on any atom is -0.293 e. The number of rotatable bonds is 2. The van der Waals surface area contributed by atoms with Gasteiger partial charge < -0.3 is 0 Å². The number of benzene rings is 1. The average molecular weight is 249 g/mol. The number of halogens is 3. The number of carbonyl (C=O) groups excluding carboxylic acids is 1. The van der Waals surface area contributed by atoms with E-state index in [4.69, 9.17) is 0 Å². The Bertz CT molecular complexity index is 326. The summed E-state index contributed by atoms with van der Waals surface area (Å²) >= 11 is 2.86. The molecule has 0 saturated heterocycles. The van der Waals surface area contributed by atoms with Crippen LogP contribution < -0.4 is 0 Å². The standard InChI is InChI=1S/C9H7BrF2O/c1-5-2-6(11)9(7(12)3-5)8(13)4-10/h2-3H,4H2,1H3. The van der Waals surface area contributed by atoms with Gasteiger partial charge in [0.1, 0.15) is 11.6 Å². The largest absolute Gasteiger partial charge is 0.293 e. The molecule has 70 valence electrons. The zero-order valence-corrected chi connectivity index (χ0v) is 8.49. The summed E-state index contributed by atoms with van der Waals surface area (Å²) in [6, 6.07) is 2.28. The molecule has 13 heavy (non-hydrogen) atoms. The summed E-state index contributed by atoms with van der Waals surface area (Å²) in [6.45, 7) is 1.56. The first-order valence-electron chi connectivity index (χ1n) is 3.61. The highest BCUT2D eigenvalue weighted by molar-refractivity contribution is 9.09. The van der Waals surface area contributed by atoms with Gasteiger partial charge in [0.05, 0.1) is 10.9 Å². The van der Waals surface area contributed by atoms with Gasteiger partial charge >= 0.3 is 0 Å². The van der Waals surface area contributed by atoms with Crippen molar-refractivity contribution in [3.8, 4) is 0 Å². The number of hydrogen-bond donors (Lipinski definition) is 0. The van der Waals surface area contributed by atoms with Gasteiger partial charge in [-0.2, -0.15) is 0 Å². The molecule has 0 N–H and O–H groups in total. The summed E-state index contributed by atoms with van der Waals surface area (Å²) in [5, 5.41) is -0.0795. The zero-order valence-electron chi connectivity index (χ0n) is 6.90. The number of Topliss-reactive ketones (excluding diaryl/α,β-unsaturated/α-hetero) is 1. The molecule has 1 aromatic rings. The van der Waals surface area contributed by atoms with Gasteiger partial charge in [0.15, 0.2) is 5.78 Å². The normalized spacial score (nSPS) is 10.2. The monoisotopic (exact) mass is 248 g/mol. The van der Waals surface area contributed by atoms with Crippen LogP contribution in [-0.4, -0.2) is 11.1 Å². The molecule has 0 heterocycles. The first kappa shape index (κ1) is 10.3. The Morgan fingerprint density at radius 2 is 1.85 bits per heavy atom. The first-order valence-corrected chi connectivity index (χ1v) is 4.73. The van der Waals surface area contributed by atoms with E-state index in [9.17, 15) is 13.6 Å².